The highest BCUT2D eigenvalue weighted by Gasteiger charge is 2.17. The minimum Gasteiger partial charge on any atom is -0.351 e. The first-order valence-corrected chi connectivity index (χ1v) is 13.3. The maximum atomic E-state index is 12.3. The van der Waals surface area contributed by atoms with Crippen LogP contribution in [0.1, 0.15) is 47.2 Å². The van der Waals surface area contributed by atoms with E-state index in [1.807, 2.05) is 52.4 Å². The molecule has 9 heteroatoms. The smallest absolute Gasteiger partial charge is 0.270 e. The Hall–Kier alpha value is -2.68. The van der Waals surface area contributed by atoms with E-state index in [2.05, 4.69) is 46.5 Å². The molecule has 6 nitrogen and oxygen atoms in total. The van der Waals surface area contributed by atoms with Gasteiger partial charge in [-0.05, 0) is 36.1 Å². The fourth-order valence-corrected chi connectivity index (χ4v) is 5.28. The third-order valence-corrected chi connectivity index (χ3v) is 7.30. The zero-order valence-corrected chi connectivity index (χ0v) is 21.5. The maximum absolute atomic E-state index is 12.3. The predicted molar refractivity (Wildman–Crippen MR) is 139 cm³/mol. The van der Waals surface area contributed by atoms with Crippen LogP contribution in [0.4, 0.5) is 0 Å². The highest BCUT2D eigenvalue weighted by Crippen LogP contribution is 2.28. The molecule has 0 saturated heterocycles. The number of amides is 1. The molecule has 0 bridgehead atoms. The standard InChI is InChI=1S/C25H26ClN5OS2/c1-17(2)11-12-27-24(32)21-15-33-23(28-21)16-34-25-30-29-22(13-18-7-4-3-5-8-18)31(25)20-10-6-9-19(26)14-20/h3-10,14-15,17H,11-13,16H2,1-2H3,(H,27,32). The first-order valence-electron chi connectivity index (χ1n) is 11.1. The summed E-state index contributed by atoms with van der Waals surface area (Å²) in [6, 6.07) is 17.9. The number of carbonyl (C=O) groups is 1. The van der Waals surface area contributed by atoms with Crippen LogP contribution >= 0.6 is 34.7 Å². The molecule has 0 saturated carbocycles. The molecule has 0 unspecified atom stereocenters. The molecule has 0 aliphatic heterocycles. The highest BCUT2D eigenvalue weighted by atomic mass is 35.5. The average Bonchev–Trinajstić information content (AvgIpc) is 3.45. The molecular weight excluding hydrogens is 486 g/mol. The second-order valence-electron chi connectivity index (χ2n) is 8.23. The number of rotatable bonds is 10. The Kier molecular flexibility index (Phi) is 8.37. The van der Waals surface area contributed by atoms with E-state index in [4.69, 9.17) is 11.6 Å². The molecule has 1 amide bonds. The van der Waals surface area contributed by atoms with Crippen molar-refractivity contribution in [2.75, 3.05) is 6.54 Å². The number of thiazole rings is 1. The van der Waals surface area contributed by atoms with Crippen molar-refractivity contribution in [1.29, 1.82) is 0 Å². The Bertz CT molecular complexity index is 1240. The lowest BCUT2D eigenvalue weighted by Crippen LogP contribution is -2.25. The van der Waals surface area contributed by atoms with Gasteiger partial charge in [-0.1, -0.05) is 73.6 Å². The predicted octanol–water partition coefficient (Wildman–Crippen LogP) is 6.04. The zero-order valence-electron chi connectivity index (χ0n) is 19.1. The van der Waals surface area contributed by atoms with Gasteiger partial charge in [0.25, 0.3) is 5.91 Å². The van der Waals surface area contributed by atoms with Crippen LogP contribution in [0.3, 0.4) is 0 Å². The van der Waals surface area contributed by atoms with Crippen molar-refractivity contribution in [3.63, 3.8) is 0 Å². The van der Waals surface area contributed by atoms with Crippen molar-refractivity contribution in [2.45, 2.75) is 37.6 Å². The number of hydrogen-bond acceptors (Lipinski definition) is 6. The lowest BCUT2D eigenvalue weighted by atomic mass is 10.1. The molecule has 0 spiro atoms. The van der Waals surface area contributed by atoms with Crippen molar-refractivity contribution in [3.05, 3.63) is 87.1 Å². The summed E-state index contributed by atoms with van der Waals surface area (Å²) >= 11 is 9.30. The van der Waals surface area contributed by atoms with E-state index in [-0.39, 0.29) is 5.91 Å². The molecule has 4 aromatic rings. The first kappa shape index (κ1) is 24.4. The summed E-state index contributed by atoms with van der Waals surface area (Å²) in [6.07, 6.45) is 1.60. The molecule has 0 fully saturated rings. The van der Waals surface area contributed by atoms with Crippen molar-refractivity contribution < 1.29 is 4.79 Å². The van der Waals surface area contributed by atoms with Crippen molar-refractivity contribution in [2.24, 2.45) is 5.92 Å². The SMILES string of the molecule is CC(C)CCNC(=O)c1csc(CSc2nnc(Cc3ccccc3)n2-c2cccc(Cl)c2)n1. The van der Waals surface area contributed by atoms with E-state index in [1.54, 1.807) is 11.8 Å². The Labute approximate surface area is 212 Å². The summed E-state index contributed by atoms with van der Waals surface area (Å²) < 4.78 is 2.04. The van der Waals surface area contributed by atoms with Crippen LogP contribution < -0.4 is 5.32 Å². The Morgan fingerprint density at radius 1 is 1.15 bits per heavy atom. The van der Waals surface area contributed by atoms with Gasteiger partial charge in [0.2, 0.25) is 0 Å². The normalized spacial score (nSPS) is 11.2. The minimum atomic E-state index is -0.125. The largest absolute Gasteiger partial charge is 0.351 e. The van der Waals surface area contributed by atoms with Gasteiger partial charge in [-0.25, -0.2) is 4.98 Å². The molecule has 2 heterocycles. The van der Waals surface area contributed by atoms with Crippen LogP contribution in [0.15, 0.2) is 65.1 Å². The van der Waals surface area contributed by atoms with Gasteiger partial charge in [0.1, 0.15) is 16.5 Å². The number of aromatic nitrogens is 4. The molecule has 0 aliphatic carbocycles. The minimum absolute atomic E-state index is 0.125. The summed E-state index contributed by atoms with van der Waals surface area (Å²) in [7, 11) is 0. The summed E-state index contributed by atoms with van der Waals surface area (Å²) in [5.74, 6) is 1.85. The van der Waals surface area contributed by atoms with Crippen LogP contribution in [-0.2, 0) is 12.2 Å². The second-order valence-corrected chi connectivity index (χ2v) is 10.6. The number of benzene rings is 2. The maximum Gasteiger partial charge on any atom is 0.270 e. The quantitative estimate of drug-likeness (QED) is 0.263. The van der Waals surface area contributed by atoms with Gasteiger partial charge in [-0.15, -0.1) is 21.5 Å². The molecule has 2 aromatic carbocycles. The zero-order chi connectivity index (χ0) is 23.9. The number of thioether (sulfide) groups is 1. The Morgan fingerprint density at radius 3 is 2.74 bits per heavy atom. The molecular formula is C25H26ClN5OS2. The van der Waals surface area contributed by atoms with Crippen molar-refractivity contribution in [1.82, 2.24) is 25.1 Å². The number of carbonyl (C=O) groups excluding carboxylic acids is 1. The van der Waals surface area contributed by atoms with Crippen molar-refractivity contribution >= 4 is 40.6 Å². The van der Waals surface area contributed by atoms with Crippen LogP contribution in [0.25, 0.3) is 5.69 Å². The summed E-state index contributed by atoms with van der Waals surface area (Å²) in [5, 5.41) is 16.0. The van der Waals surface area contributed by atoms with Gasteiger partial charge in [0.15, 0.2) is 5.16 Å². The third kappa shape index (κ3) is 6.46. The monoisotopic (exact) mass is 511 g/mol. The lowest BCUT2D eigenvalue weighted by Gasteiger charge is -2.10. The summed E-state index contributed by atoms with van der Waals surface area (Å²) in [4.78, 5) is 16.9. The lowest BCUT2D eigenvalue weighted by molar-refractivity contribution is 0.0947. The van der Waals surface area contributed by atoms with Gasteiger partial charge in [-0.3, -0.25) is 9.36 Å². The van der Waals surface area contributed by atoms with Crippen LogP contribution in [-0.4, -0.2) is 32.2 Å². The van der Waals surface area contributed by atoms with Gasteiger partial charge < -0.3 is 5.32 Å². The van der Waals surface area contributed by atoms with Gasteiger partial charge in [0, 0.05) is 23.4 Å². The van der Waals surface area contributed by atoms with Gasteiger partial charge in [0.05, 0.1) is 11.4 Å². The molecule has 0 radical (unpaired) electrons. The van der Waals surface area contributed by atoms with Crippen LogP contribution in [0.2, 0.25) is 5.02 Å². The number of nitrogens with one attached hydrogen (secondary N) is 1. The van der Waals surface area contributed by atoms with Crippen LogP contribution in [0, 0.1) is 5.92 Å². The van der Waals surface area contributed by atoms with E-state index >= 15 is 0 Å². The summed E-state index contributed by atoms with van der Waals surface area (Å²) in [5.41, 5.74) is 2.53. The van der Waals surface area contributed by atoms with Gasteiger partial charge >= 0.3 is 0 Å². The molecule has 4 rings (SSSR count). The molecule has 2 aromatic heterocycles. The average molecular weight is 512 g/mol. The fourth-order valence-electron chi connectivity index (χ4n) is 3.33. The molecule has 176 valence electrons. The third-order valence-electron chi connectivity index (χ3n) is 5.09. The highest BCUT2D eigenvalue weighted by molar-refractivity contribution is 7.98. The Morgan fingerprint density at radius 2 is 1.97 bits per heavy atom. The van der Waals surface area contributed by atoms with E-state index in [0.717, 1.165) is 33.7 Å². The van der Waals surface area contributed by atoms with Crippen LogP contribution in [0.5, 0.6) is 0 Å². The first-order chi connectivity index (χ1) is 16.5. The number of hydrogen-bond donors (Lipinski definition) is 1. The topological polar surface area (TPSA) is 72.7 Å². The van der Waals surface area contributed by atoms with E-state index in [1.165, 1.54) is 11.3 Å². The van der Waals surface area contributed by atoms with E-state index in [9.17, 15) is 4.79 Å². The van der Waals surface area contributed by atoms with Crippen molar-refractivity contribution in [3.8, 4) is 5.69 Å². The molecule has 0 aliphatic rings. The molecule has 1 N–H and O–H groups in total. The molecule has 0 atom stereocenters. The second kappa shape index (κ2) is 11.6. The fraction of sp³-hybridized carbons (Fsp3) is 0.280. The Balaban J connectivity index is 1.50. The van der Waals surface area contributed by atoms with E-state index in [0.29, 0.717) is 35.4 Å². The number of nitrogens with zero attached hydrogens (tertiary/aromatic N) is 4. The van der Waals surface area contributed by atoms with E-state index < -0.39 is 0 Å². The summed E-state index contributed by atoms with van der Waals surface area (Å²) in [6.45, 7) is 4.93. The number of halogens is 1. The molecule has 34 heavy (non-hydrogen) atoms. The van der Waals surface area contributed by atoms with Gasteiger partial charge in [-0.2, -0.15) is 0 Å².